The number of ether oxygens (including phenoxy) is 2. The second-order valence-electron chi connectivity index (χ2n) is 3.88. The SMILES string of the molecule is Cc1ccccc1C(CN)OC1COC1. The third-order valence-electron chi connectivity index (χ3n) is 2.71. The van der Waals surface area contributed by atoms with E-state index in [0.717, 1.165) is 0 Å². The van der Waals surface area contributed by atoms with Gasteiger partial charge in [0.1, 0.15) is 6.10 Å². The zero-order chi connectivity index (χ0) is 10.7. The highest BCUT2D eigenvalue weighted by Gasteiger charge is 2.24. The Morgan fingerprint density at radius 1 is 1.47 bits per heavy atom. The van der Waals surface area contributed by atoms with E-state index in [4.69, 9.17) is 15.2 Å². The Kier molecular flexibility index (Phi) is 3.36. The van der Waals surface area contributed by atoms with Gasteiger partial charge in [0.25, 0.3) is 0 Å². The van der Waals surface area contributed by atoms with Crippen LogP contribution in [0.2, 0.25) is 0 Å². The Hall–Kier alpha value is -0.900. The van der Waals surface area contributed by atoms with Gasteiger partial charge in [-0.25, -0.2) is 0 Å². The second kappa shape index (κ2) is 4.75. The molecular weight excluding hydrogens is 190 g/mol. The number of aryl methyl sites for hydroxylation is 1. The van der Waals surface area contributed by atoms with Gasteiger partial charge >= 0.3 is 0 Å². The first-order valence-electron chi connectivity index (χ1n) is 5.30. The van der Waals surface area contributed by atoms with E-state index in [0.29, 0.717) is 19.8 Å². The first kappa shape index (κ1) is 10.6. The van der Waals surface area contributed by atoms with Gasteiger partial charge in [-0.1, -0.05) is 24.3 Å². The molecule has 1 aromatic rings. The van der Waals surface area contributed by atoms with Crippen LogP contribution in [-0.4, -0.2) is 25.9 Å². The molecule has 0 radical (unpaired) electrons. The first-order valence-corrected chi connectivity index (χ1v) is 5.30. The van der Waals surface area contributed by atoms with Gasteiger partial charge in [0.15, 0.2) is 0 Å². The highest BCUT2D eigenvalue weighted by molar-refractivity contribution is 5.28. The summed E-state index contributed by atoms with van der Waals surface area (Å²) in [6, 6.07) is 8.20. The van der Waals surface area contributed by atoms with Crippen LogP contribution in [0.25, 0.3) is 0 Å². The van der Waals surface area contributed by atoms with Gasteiger partial charge in [-0.3, -0.25) is 0 Å². The van der Waals surface area contributed by atoms with Crippen molar-refractivity contribution in [2.75, 3.05) is 19.8 Å². The molecule has 1 aliphatic heterocycles. The minimum Gasteiger partial charge on any atom is -0.376 e. The Bertz CT molecular complexity index is 323. The lowest BCUT2D eigenvalue weighted by Gasteiger charge is -2.30. The van der Waals surface area contributed by atoms with Crippen LogP contribution in [0.4, 0.5) is 0 Å². The van der Waals surface area contributed by atoms with Crippen molar-refractivity contribution in [1.82, 2.24) is 0 Å². The first-order chi connectivity index (χ1) is 7.31. The summed E-state index contributed by atoms with van der Waals surface area (Å²) in [5, 5.41) is 0. The van der Waals surface area contributed by atoms with Crippen molar-refractivity contribution in [3.05, 3.63) is 35.4 Å². The van der Waals surface area contributed by atoms with E-state index in [1.807, 2.05) is 12.1 Å². The van der Waals surface area contributed by atoms with Crippen LogP contribution in [0.3, 0.4) is 0 Å². The van der Waals surface area contributed by atoms with Crippen LogP contribution >= 0.6 is 0 Å². The molecule has 1 atom stereocenters. The maximum atomic E-state index is 5.85. The van der Waals surface area contributed by atoms with Gasteiger partial charge in [-0.15, -0.1) is 0 Å². The van der Waals surface area contributed by atoms with Crippen molar-refractivity contribution in [2.45, 2.75) is 19.1 Å². The third kappa shape index (κ3) is 2.37. The van der Waals surface area contributed by atoms with Gasteiger partial charge < -0.3 is 15.2 Å². The number of nitrogens with two attached hydrogens (primary N) is 1. The van der Waals surface area contributed by atoms with Crippen molar-refractivity contribution < 1.29 is 9.47 Å². The lowest BCUT2D eigenvalue weighted by atomic mass is 10.0. The fourth-order valence-electron chi connectivity index (χ4n) is 1.73. The molecule has 1 saturated heterocycles. The van der Waals surface area contributed by atoms with Crippen LogP contribution in [0.5, 0.6) is 0 Å². The normalized spacial score (nSPS) is 18.5. The molecule has 0 aromatic heterocycles. The largest absolute Gasteiger partial charge is 0.376 e. The predicted octanol–water partition coefficient (Wildman–Crippen LogP) is 1.41. The Labute approximate surface area is 90.2 Å². The molecule has 1 fully saturated rings. The third-order valence-corrected chi connectivity index (χ3v) is 2.71. The Morgan fingerprint density at radius 2 is 2.20 bits per heavy atom. The van der Waals surface area contributed by atoms with Crippen molar-refractivity contribution in [3.63, 3.8) is 0 Å². The lowest BCUT2D eigenvalue weighted by Crippen LogP contribution is -2.38. The summed E-state index contributed by atoms with van der Waals surface area (Å²) in [6.07, 6.45) is 0.221. The molecule has 1 aromatic carbocycles. The topological polar surface area (TPSA) is 44.5 Å². The van der Waals surface area contributed by atoms with Crippen molar-refractivity contribution >= 4 is 0 Å². The van der Waals surface area contributed by atoms with Crippen molar-refractivity contribution in [2.24, 2.45) is 5.73 Å². The van der Waals surface area contributed by atoms with Crippen LogP contribution in [0.1, 0.15) is 17.2 Å². The zero-order valence-corrected chi connectivity index (χ0v) is 8.98. The molecule has 0 saturated carbocycles. The number of hydrogen-bond acceptors (Lipinski definition) is 3. The second-order valence-corrected chi connectivity index (χ2v) is 3.88. The van der Waals surface area contributed by atoms with Gasteiger partial charge in [-0.05, 0) is 18.1 Å². The molecule has 82 valence electrons. The van der Waals surface area contributed by atoms with E-state index >= 15 is 0 Å². The highest BCUT2D eigenvalue weighted by Crippen LogP contribution is 2.23. The monoisotopic (exact) mass is 207 g/mol. The van der Waals surface area contributed by atoms with E-state index in [1.165, 1.54) is 11.1 Å². The van der Waals surface area contributed by atoms with E-state index in [-0.39, 0.29) is 12.2 Å². The van der Waals surface area contributed by atoms with Gasteiger partial charge in [-0.2, -0.15) is 0 Å². The van der Waals surface area contributed by atoms with E-state index < -0.39 is 0 Å². The molecule has 3 nitrogen and oxygen atoms in total. The molecule has 0 aliphatic carbocycles. The molecule has 1 aliphatic rings. The molecule has 3 heteroatoms. The van der Waals surface area contributed by atoms with E-state index in [9.17, 15) is 0 Å². The lowest BCUT2D eigenvalue weighted by molar-refractivity contribution is -0.154. The summed E-state index contributed by atoms with van der Waals surface area (Å²) < 4.78 is 10.9. The summed E-state index contributed by atoms with van der Waals surface area (Å²) in [4.78, 5) is 0. The summed E-state index contributed by atoms with van der Waals surface area (Å²) in [7, 11) is 0. The minimum atomic E-state index is 0.0000926. The quantitative estimate of drug-likeness (QED) is 0.812. The van der Waals surface area contributed by atoms with Gasteiger partial charge in [0.2, 0.25) is 0 Å². The van der Waals surface area contributed by atoms with Crippen LogP contribution in [0.15, 0.2) is 24.3 Å². The average molecular weight is 207 g/mol. The predicted molar refractivity (Wildman–Crippen MR) is 58.7 cm³/mol. The van der Waals surface area contributed by atoms with Gasteiger partial charge in [0.05, 0.1) is 19.3 Å². The summed E-state index contributed by atoms with van der Waals surface area (Å²) in [6.45, 7) is 3.99. The Balaban J connectivity index is 2.07. The van der Waals surface area contributed by atoms with E-state index in [2.05, 4.69) is 19.1 Å². The van der Waals surface area contributed by atoms with Gasteiger partial charge in [0, 0.05) is 6.54 Å². The van der Waals surface area contributed by atoms with Crippen molar-refractivity contribution in [1.29, 1.82) is 0 Å². The zero-order valence-electron chi connectivity index (χ0n) is 8.98. The average Bonchev–Trinajstić information content (AvgIpc) is 2.19. The maximum absolute atomic E-state index is 5.85. The summed E-state index contributed by atoms with van der Waals surface area (Å²) in [5.41, 5.74) is 8.15. The number of rotatable bonds is 4. The fourth-order valence-corrected chi connectivity index (χ4v) is 1.73. The molecule has 0 amide bonds. The molecule has 15 heavy (non-hydrogen) atoms. The molecule has 2 rings (SSSR count). The fraction of sp³-hybridized carbons (Fsp3) is 0.500. The van der Waals surface area contributed by atoms with Crippen molar-refractivity contribution in [3.8, 4) is 0 Å². The molecule has 0 bridgehead atoms. The molecule has 1 heterocycles. The number of hydrogen-bond donors (Lipinski definition) is 1. The smallest absolute Gasteiger partial charge is 0.105 e. The minimum absolute atomic E-state index is 0.0000926. The van der Waals surface area contributed by atoms with Crippen LogP contribution < -0.4 is 5.73 Å². The van der Waals surface area contributed by atoms with Crippen LogP contribution in [0, 0.1) is 6.92 Å². The molecular formula is C12H17NO2. The number of benzene rings is 1. The maximum Gasteiger partial charge on any atom is 0.105 e. The highest BCUT2D eigenvalue weighted by atomic mass is 16.6. The molecule has 1 unspecified atom stereocenters. The summed E-state index contributed by atoms with van der Waals surface area (Å²) >= 11 is 0. The van der Waals surface area contributed by atoms with Crippen LogP contribution in [-0.2, 0) is 9.47 Å². The molecule has 0 spiro atoms. The Morgan fingerprint density at radius 3 is 2.73 bits per heavy atom. The summed E-state index contributed by atoms with van der Waals surface area (Å²) in [5.74, 6) is 0. The molecule has 2 N–H and O–H groups in total. The standard InChI is InChI=1S/C12H17NO2/c1-9-4-2-3-5-11(9)12(6-13)15-10-7-14-8-10/h2-5,10,12H,6-8,13H2,1H3. The van der Waals surface area contributed by atoms with E-state index in [1.54, 1.807) is 0 Å².